The fourth-order valence-corrected chi connectivity index (χ4v) is 2.39. The number of benzene rings is 2. The van der Waals surface area contributed by atoms with Crippen molar-refractivity contribution >= 4 is 23.1 Å². The first-order valence-corrected chi connectivity index (χ1v) is 7.59. The number of ketones is 1. The summed E-state index contributed by atoms with van der Waals surface area (Å²) in [6.07, 6.45) is 0.233. The zero-order chi connectivity index (χ0) is 18.4. The van der Waals surface area contributed by atoms with Crippen LogP contribution in [0.1, 0.15) is 35.3 Å². The van der Waals surface area contributed by atoms with Crippen LogP contribution in [0.3, 0.4) is 0 Å². The molecule has 0 aromatic heterocycles. The predicted molar refractivity (Wildman–Crippen MR) is 92.5 cm³/mol. The number of nitro groups is 1. The van der Waals surface area contributed by atoms with Gasteiger partial charge in [0.25, 0.3) is 5.69 Å². The molecule has 0 saturated heterocycles. The van der Waals surface area contributed by atoms with Crippen molar-refractivity contribution in [3.05, 3.63) is 69.8 Å². The second-order valence-corrected chi connectivity index (χ2v) is 5.52. The zero-order valence-electron chi connectivity index (χ0n) is 13.9. The molecule has 1 N–H and O–H groups in total. The summed E-state index contributed by atoms with van der Waals surface area (Å²) in [5.74, 6) is -0.441. The molecule has 0 radical (unpaired) electrons. The monoisotopic (exact) mass is 342 g/mol. The van der Waals surface area contributed by atoms with Crippen LogP contribution in [-0.2, 0) is 9.53 Å². The van der Waals surface area contributed by atoms with E-state index in [1.54, 1.807) is 36.4 Å². The van der Waals surface area contributed by atoms with E-state index >= 15 is 0 Å². The maximum atomic E-state index is 11.6. The van der Waals surface area contributed by atoms with Crippen molar-refractivity contribution in [3.63, 3.8) is 0 Å². The van der Waals surface area contributed by atoms with Crippen LogP contribution in [0.4, 0.5) is 11.4 Å². The topological polar surface area (TPSA) is 98.5 Å². The third-order valence-electron chi connectivity index (χ3n) is 3.64. The molecular weight excluding hydrogens is 324 g/mol. The number of non-ortho nitro benzene ring substituents is 1. The smallest absolute Gasteiger partial charge is 0.337 e. The molecule has 2 rings (SSSR count). The summed E-state index contributed by atoms with van der Waals surface area (Å²) in [5, 5.41) is 14.0. The summed E-state index contributed by atoms with van der Waals surface area (Å²) in [6.45, 7) is 1.49. The lowest BCUT2D eigenvalue weighted by atomic mass is 10.0. The maximum Gasteiger partial charge on any atom is 0.337 e. The molecule has 0 spiro atoms. The van der Waals surface area contributed by atoms with E-state index in [0.29, 0.717) is 5.56 Å². The van der Waals surface area contributed by atoms with E-state index < -0.39 is 10.9 Å². The number of carbonyl (C=O) groups excluding carboxylic acids is 2. The zero-order valence-corrected chi connectivity index (χ0v) is 13.9. The largest absolute Gasteiger partial charge is 0.465 e. The van der Waals surface area contributed by atoms with Crippen LogP contribution in [0.5, 0.6) is 0 Å². The summed E-state index contributed by atoms with van der Waals surface area (Å²) in [7, 11) is 1.31. The standard InChI is InChI=1S/C18H18N2O5/c1-12(21)11-17(13-5-9-16(10-6-13)20(23)24)19-15-7-3-14(4-8-15)18(22)25-2/h3-10,17,19H,11H2,1-2H3. The number of anilines is 1. The number of methoxy groups -OCH3 is 1. The van der Waals surface area contributed by atoms with Gasteiger partial charge in [-0.15, -0.1) is 0 Å². The third-order valence-corrected chi connectivity index (χ3v) is 3.64. The summed E-state index contributed by atoms with van der Waals surface area (Å²) >= 11 is 0. The SMILES string of the molecule is COC(=O)c1ccc(NC(CC(C)=O)c2ccc([N+](=O)[O-])cc2)cc1. The van der Waals surface area contributed by atoms with Gasteiger partial charge in [-0.2, -0.15) is 0 Å². The normalized spacial score (nSPS) is 11.4. The Labute approximate surface area is 144 Å². The van der Waals surface area contributed by atoms with Gasteiger partial charge in [-0.05, 0) is 36.8 Å². The highest BCUT2D eigenvalue weighted by molar-refractivity contribution is 5.89. The number of hydrogen-bond donors (Lipinski definition) is 1. The number of esters is 1. The second-order valence-electron chi connectivity index (χ2n) is 5.52. The number of nitrogens with one attached hydrogen (secondary N) is 1. The molecule has 1 atom stereocenters. The first-order chi connectivity index (χ1) is 11.9. The van der Waals surface area contributed by atoms with Crippen LogP contribution in [0.25, 0.3) is 0 Å². The lowest BCUT2D eigenvalue weighted by Crippen LogP contribution is -2.14. The van der Waals surface area contributed by atoms with E-state index in [-0.39, 0.29) is 23.9 Å². The summed E-state index contributed by atoms with van der Waals surface area (Å²) in [5.41, 5.74) is 1.90. The number of ether oxygens (including phenoxy) is 1. The maximum absolute atomic E-state index is 11.6. The van der Waals surface area contributed by atoms with Crippen molar-refractivity contribution < 1.29 is 19.2 Å². The van der Waals surface area contributed by atoms with Crippen LogP contribution in [0.15, 0.2) is 48.5 Å². The van der Waals surface area contributed by atoms with Crippen molar-refractivity contribution in [2.45, 2.75) is 19.4 Å². The molecule has 2 aromatic carbocycles. The molecule has 0 aliphatic carbocycles. The molecular formula is C18H18N2O5. The summed E-state index contributed by atoms with van der Waals surface area (Å²) in [4.78, 5) is 33.3. The molecule has 1 unspecified atom stereocenters. The summed E-state index contributed by atoms with van der Waals surface area (Å²) in [6, 6.07) is 12.4. The molecule has 0 heterocycles. The van der Waals surface area contributed by atoms with Crippen LogP contribution in [0.2, 0.25) is 0 Å². The molecule has 0 aliphatic heterocycles. The van der Waals surface area contributed by atoms with Crippen LogP contribution in [0, 0.1) is 10.1 Å². The van der Waals surface area contributed by atoms with E-state index in [1.165, 1.54) is 26.2 Å². The Kier molecular flexibility index (Phi) is 5.84. The van der Waals surface area contributed by atoms with Gasteiger partial charge in [0.2, 0.25) is 0 Å². The average Bonchev–Trinajstić information content (AvgIpc) is 2.61. The molecule has 7 nitrogen and oxygen atoms in total. The van der Waals surface area contributed by atoms with Gasteiger partial charge in [0, 0.05) is 24.2 Å². The highest BCUT2D eigenvalue weighted by Gasteiger charge is 2.16. The van der Waals surface area contributed by atoms with Gasteiger partial charge in [-0.3, -0.25) is 14.9 Å². The first kappa shape index (κ1) is 18.1. The van der Waals surface area contributed by atoms with Gasteiger partial charge >= 0.3 is 5.97 Å². The third kappa shape index (κ3) is 4.87. The second kappa shape index (κ2) is 8.05. The first-order valence-electron chi connectivity index (χ1n) is 7.59. The summed E-state index contributed by atoms with van der Waals surface area (Å²) < 4.78 is 4.65. The average molecular weight is 342 g/mol. The highest BCUT2D eigenvalue weighted by atomic mass is 16.6. The highest BCUT2D eigenvalue weighted by Crippen LogP contribution is 2.25. The van der Waals surface area contributed by atoms with Gasteiger partial charge in [-0.1, -0.05) is 12.1 Å². The van der Waals surface area contributed by atoms with Crippen LogP contribution in [-0.4, -0.2) is 23.8 Å². The molecule has 25 heavy (non-hydrogen) atoms. The molecule has 0 saturated carbocycles. The van der Waals surface area contributed by atoms with Crippen molar-refractivity contribution in [1.82, 2.24) is 0 Å². The van der Waals surface area contributed by atoms with Gasteiger partial charge in [0.15, 0.2) is 0 Å². The van der Waals surface area contributed by atoms with E-state index in [9.17, 15) is 19.7 Å². The van der Waals surface area contributed by atoms with Crippen molar-refractivity contribution in [2.75, 3.05) is 12.4 Å². The number of nitro benzene ring substituents is 1. The van der Waals surface area contributed by atoms with Crippen LogP contribution >= 0.6 is 0 Å². The van der Waals surface area contributed by atoms with E-state index in [0.717, 1.165) is 11.3 Å². The van der Waals surface area contributed by atoms with Gasteiger partial charge < -0.3 is 10.1 Å². The fraction of sp³-hybridized carbons (Fsp3) is 0.222. The lowest BCUT2D eigenvalue weighted by molar-refractivity contribution is -0.384. The minimum atomic E-state index is -0.470. The van der Waals surface area contributed by atoms with E-state index in [2.05, 4.69) is 10.1 Å². The molecule has 7 heteroatoms. The quantitative estimate of drug-likeness (QED) is 0.470. The number of rotatable bonds is 7. The Morgan fingerprint density at radius 1 is 1.12 bits per heavy atom. The molecule has 0 bridgehead atoms. The minimum absolute atomic E-state index is 0.00671. The minimum Gasteiger partial charge on any atom is -0.465 e. The predicted octanol–water partition coefficient (Wildman–Crippen LogP) is 3.51. The van der Waals surface area contributed by atoms with Gasteiger partial charge in [-0.25, -0.2) is 4.79 Å². The van der Waals surface area contributed by atoms with E-state index in [1.807, 2.05) is 0 Å². The number of carbonyl (C=O) groups is 2. The molecule has 0 fully saturated rings. The molecule has 130 valence electrons. The van der Waals surface area contributed by atoms with Crippen LogP contribution < -0.4 is 5.32 Å². The molecule has 0 aliphatic rings. The van der Waals surface area contributed by atoms with Crippen molar-refractivity contribution in [1.29, 1.82) is 0 Å². The number of Topliss-reactive ketones (excluding diaryl/α,β-unsaturated/α-hetero) is 1. The fourth-order valence-electron chi connectivity index (χ4n) is 2.39. The Balaban J connectivity index is 2.21. The van der Waals surface area contributed by atoms with Gasteiger partial charge in [0.1, 0.15) is 5.78 Å². The van der Waals surface area contributed by atoms with Gasteiger partial charge in [0.05, 0.1) is 23.6 Å². The van der Waals surface area contributed by atoms with Crippen molar-refractivity contribution in [2.24, 2.45) is 0 Å². The van der Waals surface area contributed by atoms with Crippen molar-refractivity contribution in [3.8, 4) is 0 Å². The number of nitrogens with zero attached hydrogens (tertiary/aromatic N) is 1. The Bertz CT molecular complexity index is 769. The Morgan fingerprint density at radius 3 is 2.20 bits per heavy atom. The molecule has 2 aromatic rings. The Morgan fingerprint density at radius 2 is 1.72 bits per heavy atom. The molecule has 0 amide bonds. The van der Waals surface area contributed by atoms with E-state index in [4.69, 9.17) is 0 Å². The number of hydrogen-bond acceptors (Lipinski definition) is 6. The Hall–Kier alpha value is -3.22. The lowest BCUT2D eigenvalue weighted by Gasteiger charge is -2.19.